The standard InChI is InChI=1S/C13H20N4OS/c1-9-7-14-12(19-9)15-13(18)16(2)11-8-17-5-3-10(11)4-6-17/h7,10-11H,3-6,8H2,1-2H3,(H,14,15,18)/t11-/m0/s1. The Labute approximate surface area is 117 Å². The smallest absolute Gasteiger partial charge is 0.323 e. The average Bonchev–Trinajstić information content (AvgIpc) is 2.84. The number of rotatable bonds is 2. The molecular weight excluding hydrogens is 260 g/mol. The number of anilines is 1. The summed E-state index contributed by atoms with van der Waals surface area (Å²) in [5, 5.41) is 3.59. The molecule has 2 bridgehead atoms. The van der Waals surface area contributed by atoms with Crippen LogP contribution in [0.4, 0.5) is 9.93 Å². The molecule has 3 aliphatic heterocycles. The highest BCUT2D eigenvalue weighted by Crippen LogP contribution is 2.30. The van der Waals surface area contributed by atoms with E-state index in [2.05, 4.69) is 15.2 Å². The van der Waals surface area contributed by atoms with E-state index in [0.29, 0.717) is 17.1 Å². The quantitative estimate of drug-likeness (QED) is 0.901. The van der Waals surface area contributed by atoms with Gasteiger partial charge in [-0.05, 0) is 38.8 Å². The van der Waals surface area contributed by atoms with E-state index < -0.39 is 0 Å². The van der Waals surface area contributed by atoms with Crippen LogP contribution >= 0.6 is 11.3 Å². The number of likely N-dealkylation sites (N-methyl/N-ethyl adjacent to an activating group) is 1. The number of carbonyl (C=O) groups is 1. The van der Waals surface area contributed by atoms with Gasteiger partial charge in [-0.15, -0.1) is 11.3 Å². The number of aryl methyl sites for hydroxylation is 1. The van der Waals surface area contributed by atoms with Crippen molar-refractivity contribution in [2.45, 2.75) is 25.8 Å². The molecule has 0 aliphatic carbocycles. The molecule has 6 heteroatoms. The Morgan fingerprint density at radius 3 is 2.79 bits per heavy atom. The molecule has 4 heterocycles. The van der Waals surface area contributed by atoms with Gasteiger partial charge in [0.1, 0.15) is 0 Å². The van der Waals surface area contributed by atoms with Gasteiger partial charge >= 0.3 is 6.03 Å². The largest absolute Gasteiger partial charge is 0.323 e. The number of piperidine rings is 3. The van der Waals surface area contributed by atoms with E-state index in [1.54, 1.807) is 6.20 Å². The zero-order chi connectivity index (χ0) is 13.4. The lowest BCUT2D eigenvalue weighted by Gasteiger charge is -2.47. The van der Waals surface area contributed by atoms with E-state index in [9.17, 15) is 4.79 Å². The Kier molecular flexibility index (Phi) is 3.45. The second-order valence-corrected chi connectivity index (χ2v) is 6.76. The molecule has 0 unspecified atom stereocenters. The normalized spacial score (nSPS) is 29.3. The molecule has 0 radical (unpaired) electrons. The number of fused-ring (bicyclic) bond motifs is 3. The van der Waals surface area contributed by atoms with Crippen LogP contribution in [0, 0.1) is 12.8 Å². The molecule has 3 saturated heterocycles. The topological polar surface area (TPSA) is 48.5 Å². The number of carbonyl (C=O) groups excluding carboxylic acids is 1. The van der Waals surface area contributed by atoms with Crippen LogP contribution in [0.3, 0.4) is 0 Å². The van der Waals surface area contributed by atoms with Crippen LogP contribution in [-0.4, -0.2) is 53.5 Å². The summed E-state index contributed by atoms with van der Waals surface area (Å²) < 4.78 is 0. The number of amides is 2. The maximum atomic E-state index is 12.3. The van der Waals surface area contributed by atoms with Crippen molar-refractivity contribution in [3.8, 4) is 0 Å². The van der Waals surface area contributed by atoms with E-state index in [1.165, 1.54) is 37.3 Å². The molecular formula is C13H20N4OS. The zero-order valence-corrected chi connectivity index (χ0v) is 12.2. The summed E-state index contributed by atoms with van der Waals surface area (Å²) in [7, 11) is 1.91. The lowest BCUT2D eigenvalue weighted by atomic mass is 9.83. The van der Waals surface area contributed by atoms with Crippen LogP contribution in [0.1, 0.15) is 17.7 Å². The van der Waals surface area contributed by atoms with Gasteiger partial charge in [0.05, 0.1) is 0 Å². The van der Waals surface area contributed by atoms with Crippen molar-refractivity contribution in [3.05, 3.63) is 11.1 Å². The number of nitrogens with one attached hydrogen (secondary N) is 1. The van der Waals surface area contributed by atoms with Crippen molar-refractivity contribution >= 4 is 22.5 Å². The fraction of sp³-hybridized carbons (Fsp3) is 0.692. The third-order valence-corrected chi connectivity index (χ3v) is 5.10. The van der Waals surface area contributed by atoms with E-state index in [1.807, 2.05) is 18.9 Å². The van der Waals surface area contributed by atoms with Crippen molar-refractivity contribution in [3.63, 3.8) is 0 Å². The number of thiazole rings is 1. The first-order valence-electron chi connectivity index (χ1n) is 6.82. The van der Waals surface area contributed by atoms with E-state index in [-0.39, 0.29) is 6.03 Å². The molecule has 3 aliphatic rings. The summed E-state index contributed by atoms with van der Waals surface area (Å²) in [5.74, 6) is 0.666. The molecule has 19 heavy (non-hydrogen) atoms. The first kappa shape index (κ1) is 12.9. The molecule has 1 N–H and O–H groups in total. The van der Waals surface area contributed by atoms with Gasteiger partial charge in [0.2, 0.25) is 0 Å². The van der Waals surface area contributed by atoms with Crippen molar-refractivity contribution in [2.24, 2.45) is 5.92 Å². The van der Waals surface area contributed by atoms with E-state index in [4.69, 9.17) is 0 Å². The fourth-order valence-corrected chi connectivity index (χ4v) is 3.77. The minimum Gasteiger partial charge on any atom is -0.323 e. The monoisotopic (exact) mass is 280 g/mol. The van der Waals surface area contributed by atoms with Crippen LogP contribution in [0.5, 0.6) is 0 Å². The van der Waals surface area contributed by atoms with Gasteiger partial charge in [0.25, 0.3) is 0 Å². The molecule has 3 fully saturated rings. The second kappa shape index (κ2) is 5.09. The van der Waals surface area contributed by atoms with Crippen LogP contribution in [0.2, 0.25) is 0 Å². The maximum absolute atomic E-state index is 12.3. The Morgan fingerprint density at radius 1 is 1.53 bits per heavy atom. The lowest BCUT2D eigenvalue weighted by Crippen LogP contribution is -2.58. The molecule has 0 saturated carbocycles. The average molecular weight is 280 g/mol. The third kappa shape index (κ3) is 2.60. The molecule has 1 atom stereocenters. The molecule has 0 aromatic carbocycles. The Morgan fingerprint density at radius 2 is 2.26 bits per heavy atom. The first-order valence-corrected chi connectivity index (χ1v) is 7.64. The summed E-state index contributed by atoms with van der Waals surface area (Å²) in [4.78, 5) is 21.9. The zero-order valence-electron chi connectivity index (χ0n) is 11.4. The van der Waals surface area contributed by atoms with Gasteiger partial charge in [-0.2, -0.15) is 0 Å². The molecule has 0 spiro atoms. The molecule has 1 aromatic rings. The number of aromatic nitrogens is 1. The number of hydrogen-bond acceptors (Lipinski definition) is 4. The lowest BCUT2D eigenvalue weighted by molar-refractivity contribution is 0.0336. The molecule has 1 aromatic heterocycles. The number of urea groups is 1. The second-order valence-electron chi connectivity index (χ2n) is 5.52. The fourth-order valence-electron chi connectivity index (χ4n) is 3.12. The molecule has 5 nitrogen and oxygen atoms in total. The van der Waals surface area contributed by atoms with E-state index in [0.717, 1.165) is 11.4 Å². The van der Waals surface area contributed by atoms with Crippen LogP contribution in [0.25, 0.3) is 0 Å². The van der Waals surface area contributed by atoms with Crippen LogP contribution < -0.4 is 5.32 Å². The summed E-state index contributed by atoms with van der Waals surface area (Å²) in [6.45, 7) is 5.40. The summed E-state index contributed by atoms with van der Waals surface area (Å²) in [6, 6.07) is 0.316. The highest BCUT2D eigenvalue weighted by molar-refractivity contribution is 7.15. The Hall–Kier alpha value is -1.14. The van der Waals surface area contributed by atoms with Crippen molar-refractivity contribution in [1.29, 1.82) is 0 Å². The van der Waals surface area contributed by atoms with Gasteiger partial charge in [-0.1, -0.05) is 0 Å². The predicted octanol–water partition coefficient (Wildman–Crippen LogP) is 2.01. The molecule has 4 rings (SSSR count). The van der Waals surface area contributed by atoms with Crippen molar-refractivity contribution < 1.29 is 4.79 Å². The SMILES string of the molecule is Cc1cnc(NC(=O)N(C)[C@H]2CN3CCC2CC3)s1. The Bertz CT molecular complexity index is 467. The van der Waals surface area contributed by atoms with Gasteiger partial charge in [-0.3, -0.25) is 5.32 Å². The van der Waals surface area contributed by atoms with Gasteiger partial charge < -0.3 is 9.80 Å². The summed E-state index contributed by atoms with van der Waals surface area (Å²) in [5.41, 5.74) is 0. The third-order valence-electron chi connectivity index (χ3n) is 4.27. The summed E-state index contributed by atoms with van der Waals surface area (Å²) in [6.07, 6.45) is 4.23. The minimum atomic E-state index is -0.0342. The van der Waals surface area contributed by atoms with Gasteiger partial charge in [0.15, 0.2) is 5.13 Å². The van der Waals surface area contributed by atoms with Gasteiger partial charge in [-0.25, -0.2) is 9.78 Å². The molecule has 2 amide bonds. The number of nitrogens with zero attached hydrogens (tertiary/aromatic N) is 3. The molecule has 104 valence electrons. The van der Waals surface area contributed by atoms with Crippen LogP contribution in [0.15, 0.2) is 6.20 Å². The maximum Gasteiger partial charge on any atom is 0.323 e. The first-order chi connectivity index (χ1) is 9.13. The highest BCUT2D eigenvalue weighted by atomic mass is 32.1. The number of hydrogen-bond donors (Lipinski definition) is 1. The summed E-state index contributed by atoms with van der Waals surface area (Å²) >= 11 is 1.52. The van der Waals surface area contributed by atoms with Crippen LogP contribution in [-0.2, 0) is 0 Å². The van der Waals surface area contributed by atoms with Crippen molar-refractivity contribution in [2.75, 3.05) is 32.0 Å². The highest BCUT2D eigenvalue weighted by Gasteiger charge is 2.37. The predicted molar refractivity (Wildman–Crippen MR) is 76.6 cm³/mol. The van der Waals surface area contributed by atoms with Gasteiger partial charge in [0, 0.05) is 30.7 Å². The Balaban J connectivity index is 1.63. The minimum absolute atomic E-state index is 0.0342. The van der Waals surface area contributed by atoms with Crippen molar-refractivity contribution in [1.82, 2.24) is 14.8 Å². The van der Waals surface area contributed by atoms with E-state index >= 15 is 0 Å².